The number of ketones is 2. The topological polar surface area (TPSA) is 34.1 Å². The SMILES string of the molecule is CC(Cl)(CCl)C(=O)c1ccccc1CC(=O)c1ccccc1. The van der Waals surface area contributed by atoms with E-state index in [0.717, 1.165) is 0 Å². The largest absolute Gasteiger partial charge is 0.294 e. The lowest BCUT2D eigenvalue weighted by atomic mass is 9.92. The summed E-state index contributed by atoms with van der Waals surface area (Å²) < 4.78 is 0. The minimum Gasteiger partial charge on any atom is -0.294 e. The summed E-state index contributed by atoms with van der Waals surface area (Å²) in [7, 11) is 0. The van der Waals surface area contributed by atoms with Crippen molar-refractivity contribution in [3.8, 4) is 0 Å². The van der Waals surface area contributed by atoms with Crippen LogP contribution in [0.4, 0.5) is 0 Å². The van der Waals surface area contributed by atoms with Gasteiger partial charge in [-0.3, -0.25) is 9.59 Å². The van der Waals surface area contributed by atoms with Crippen LogP contribution in [-0.2, 0) is 6.42 Å². The zero-order valence-corrected chi connectivity index (χ0v) is 13.7. The van der Waals surface area contributed by atoms with Crippen molar-refractivity contribution in [2.75, 3.05) is 5.88 Å². The molecule has 0 saturated heterocycles. The van der Waals surface area contributed by atoms with Crippen LogP contribution in [0.15, 0.2) is 54.6 Å². The van der Waals surface area contributed by atoms with Crippen LogP contribution in [0.2, 0.25) is 0 Å². The molecule has 114 valence electrons. The lowest BCUT2D eigenvalue weighted by Gasteiger charge is -2.19. The predicted molar refractivity (Wildman–Crippen MR) is 90.2 cm³/mol. The number of alkyl halides is 2. The lowest BCUT2D eigenvalue weighted by molar-refractivity contribution is 0.0955. The second-order valence-corrected chi connectivity index (χ2v) is 6.38. The molecular weight excluding hydrogens is 319 g/mol. The van der Waals surface area contributed by atoms with Gasteiger partial charge < -0.3 is 0 Å². The van der Waals surface area contributed by atoms with Crippen molar-refractivity contribution in [1.82, 2.24) is 0 Å². The number of halogens is 2. The Morgan fingerprint density at radius 3 is 2.23 bits per heavy atom. The van der Waals surface area contributed by atoms with Gasteiger partial charge in [-0.05, 0) is 12.5 Å². The van der Waals surface area contributed by atoms with Gasteiger partial charge in [0.25, 0.3) is 0 Å². The van der Waals surface area contributed by atoms with Gasteiger partial charge in [-0.25, -0.2) is 0 Å². The molecule has 0 fully saturated rings. The van der Waals surface area contributed by atoms with E-state index in [9.17, 15) is 9.59 Å². The molecule has 0 saturated carbocycles. The number of Topliss-reactive ketones (excluding diaryl/α,β-unsaturated/α-hetero) is 2. The molecule has 0 aliphatic heterocycles. The summed E-state index contributed by atoms with van der Waals surface area (Å²) in [5.74, 6) is -0.294. The number of benzene rings is 2. The Morgan fingerprint density at radius 2 is 1.59 bits per heavy atom. The molecule has 4 heteroatoms. The van der Waals surface area contributed by atoms with Crippen molar-refractivity contribution in [3.05, 3.63) is 71.3 Å². The molecule has 2 aromatic rings. The monoisotopic (exact) mass is 334 g/mol. The van der Waals surface area contributed by atoms with E-state index >= 15 is 0 Å². The van der Waals surface area contributed by atoms with Crippen LogP contribution >= 0.6 is 23.2 Å². The highest BCUT2D eigenvalue weighted by Crippen LogP contribution is 2.25. The third-order valence-corrected chi connectivity index (χ3v) is 4.41. The zero-order valence-electron chi connectivity index (χ0n) is 12.2. The van der Waals surface area contributed by atoms with Gasteiger partial charge in [0.15, 0.2) is 11.6 Å². The van der Waals surface area contributed by atoms with Gasteiger partial charge in [0.05, 0.1) is 0 Å². The predicted octanol–water partition coefficient (Wildman–Crippen LogP) is 4.53. The molecular formula is C18H16Cl2O2. The van der Waals surface area contributed by atoms with Crippen molar-refractivity contribution >= 4 is 34.8 Å². The third-order valence-electron chi connectivity index (χ3n) is 3.43. The molecule has 0 amide bonds. The van der Waals surface area contributed by atoms with Crippen LogP contribution in [-0.4, -0.2) is 22.3 Å². The number of carbonyl (C=O) groups is 2. The smallest absolute Gasteiger partial charge is 0.184 e. The van der Waals surface area contributed by atoms with E-state index in [2.05, 4.69) is 0 Å². The third kappa shape index (κ3) is 3.76. The second kappa shape index (κ2) is 7.08. The quantitative estimate of drug-likeness (QED) is 0.574. The van der Waals surface area contributed by atoms with Crippen molar-refractivity contribution in [1.29, 1.82) is 0 Å². The summed E-state index contributed by atoms with van der Waals surface area (Å²) in [5, 5.41) is 0. The highest BCUT2D eigenvalue weighted by atomic mass is 35.5. The van der Waals surface area contributed by atoms with E-state index in [4.69, 9.17) is 23.2 Å². The normalized spacial score (nSPS) is 13.4. The molecule has 0 spiro atoms. The molecule has 2 nitrogen and oxygen atoms in total. The fourth-order valence-electron chi connectivity index (χ4n) is 2.14. The highest BCUT2D eigenvalue weighted by molar-refractivity contribution is 6.42. The number of carbonyl (C=O) groups excluding carboxylic acids is 2. The Morgan fingerprint density at radius 1 is 1.00 bits per heavy atom. The fourth-order valence-corrected chi connectivity index (χ4v) is 2.36. The Labute approximate surface area is 140 Å². The number of rotatable bonds is 6. The van der Waals surface area contributed by atoms with E-state index < -0.39 is 4.87 Å². The Hall–Kier alpha value is -1.64. The number of hydrogen-bond acceptors (Lipinski definition) is 2. The van der Waals surface area contributed by atoms with Crippen molar-refractivity contribution in [3.63, 3.8) is 0 Å². The first-order chi connectivity index (χ1) is 10.5. The zero-order chi connectivity index (χ0) is 16.2. The summed E-state index contributed by atoms with van der Waals surface area (Å²) in [5.41, 5.74) is 1.74. The van der Waals surface area contributed by atoms with E-state index in [1.54, 1.807) is 43.3 Å². The van der Waals surface area contributed by atoms with E-state index in [0.29, 0.717) is 16.7 Å². The van der Waals surface area contributed by atoms with Gasteiger partial charge in [-0.15, -0.1) is 23.2 Å². The summed E-state index contributed by atoms with van der Waals surface area (Å²) in [6, 6.07) is 16.0. The first-order valence-corrected chi connectivity index (χ1v) is 7.83. The van der Waals surface area contributed by atoms with Crippen LogP contribution in [0.1, 0.15) is 33.2 Å². The van der Waals surface area contributed by atoms with Gasteiger partial charge in [0.2, 0.25) is 0 Å². The molecule has 1 atom stereocenters. The molecule has 0 heterocycles. The standard InChI is InChI=1S/C18H16Cl2O2/c1-18(20,12-19)17(22)15-10-6-5-9-14(15)11-16(21)13-7-3-2-4-8-13/h2-10H,11-12H2,1H3. The Balaban J connectivity index is 2.30. The van der Waals surface area contributed by atoms with Crippen molar-refractivity contribution in [2.24, 2.45) is 0 Å². The highest BCUT2D eigenvalue weighted by Gasteiger charge is 2.32. The molecule has 0 bridgehead atoms. The second-order valence-electron chi connectivity index (χ2n) is 5.28. The van der Waals surface area contributed by atoms with Gasteiger partial charge >= 0.3 is 0 Å². The Bertz CT molecular complexity index is 678. The summed E-state index contributed by atoms with van der Waals surface area (Å²) in [6.45, 7) is 1.58. The molecule has 22 heavy (non-hydrogen) atoms. The van der Waals surface area contributed by atoms with Crippen molar-refractivity contribution in [2.45, 2.75) is 18.2 Å². The van der Waals surface area contributed by atoms with Crippen LogP contribution in [0.5, 0.6) is 0 Å². The van der Waals surface area contributed by atoms with E-state index in [-0.39, 0.29) is 23.9 Å². The molecule has 0 N–H and O–H groups in total. The van der Waals surface area contributed by atoms with Gasteiger partial charge in [0, 0.05) is 23.4 Å². The van der Waals surface area contributed by atoms with Crippen LogP contribution < -0.4 is 0 Å². The Kier molecular flexibility index (Phi) is 5.38. The maximum atomic E-state index is 12.5. The maximum Gasteiger partial charge on any atom is 0.184 e. The number of hydrogen-bond donors (Lipinski definition) is 0. The maximum absolute atomic E-state index is 12.5. The van der Waals surface area contributed by atoms with Gasteiger partial charge in [0.1, 0.15) is 4.87 Å². The van der Waals surface area contributed by atoms with Gasteiger partial charge in [-0.2, -0.15) is 0 Å². The van der Waals surface area contributed by atoms with E-state index in [1.165, 1.54) is 0 Å². The lowest BCUT2D eigenvalue weighted by Crippen LogP contribution is -2.31. The molecule has 2 aromatic carbocycles. The molecule has 0 aliphatic carbocycles. The average Bonchev–Trinajstić information content (AvgIpc) is 2.55. The first kappa shape index (κ1) is 16.7. The van der Waals surface area contributed by atoms with Crippen LogP contribution in [0, 0.1) is 0 Å². The minimum absolute atomic E-state index is 0.00829. The summed E-state index contributed by atoms with van der Waals surface area (Å²) >= 11 is 11.9. The van der Waals surface area contributed by atoms with Crippen LogP contribution in [0.3, 0.4) is 0 Å². The molecule has 0 aromatic heterocycles. The molecule has 0 aliphatic rings. The van der Waals surface area contributed by atoms with Crippen LogP contribution in [0.25, 0.3) is 0 Å². The van der Waals surface area contributed by atoms with Crippen molar-refractivity contribution < 1.29 is 9.59 Å². The molecule has 0 radical (unpaired) electrons. The summed E-state index contributed by atoms with van der Waals surface area (Å²) in [4.78, 5) is 23.7. The minimum atomic E-state index is -1.17. The molecule has 2 rings (SSSR count). The average molecular weight is 335 g/mol. The first-order valence-electron chi connectivity index (χ1n) is 6.91. The fraction of sp³-hybridized carbons (Fsp3) is 0.222. The summed E-state index contributed by atoms with van der Waals surface area (Å²) in [6.07, 6.45) is 0.154. The van der Waals surface area contributed by atoms with Gasteiger partial charge in [-0.1, -0.05) is 54.6 Å². The van der Waals surface area contributed by atoms with E-state index in [1.807, 2.05) is 18.2 Å². The molecule has 1 unspecified atom stereocenters.